The van der Waals surface area contributed by atoms with Crippen molar-refractivity contribution in [2.75, 3.05) is 23.8 Å². The van der Waals surface area contributed by atoms with Gasteiger partial charge in [0.1, 0.15) is 11.5 Å². The second-order valence-electron chi connectivity index (χ2n) is 7.15. The van der Waals surface area contributed by atoms with Crippen LogP contribution in [0.25, 0.3) is 10.8 Å². The zero-order chi connectivity index (χ0) is 23.3. The highest BCUT2D eigenvalue weighted by atomic mass is 32.2. The molecule has 168 valence electrons. The van der Waals surface area contributed by atoms with Gasteiger partial charge < -0.3 is 14.8 Å². The van der Waals surface area contributed by atoms with Crippen molar-refractivity contribution < 1.29 is 22.7 Å². The molecule has 0 fully saturated rings. The van der Waals surface area contributed by atoms with Gasteiger partial charge in [0.05, 0.1) is 17.7 Å². The maximum absolute atomic E-state index is 12.8. The first-order valence-corrected chi connectivity index (χ1v) is 11.6. The number of ether oxygens (including phenoxy) is 2. The molecule has 0 aliphatic heterocycles. The van der Waals surface area contributed by atoms with Gasteiger partial charge in [-0.25, -0.2) is 8.42 Å². The minimum Gasteiger partial charge on any atom is -0.495 e. The van der Waals surface area contributed by atoms with Gasteiger partial charge in [-0.2, -0.15) is 0 Å². The number of sulfonamides is 1. The number of fused-ring (bicyclic) bond motifs is 1. The van der Waals surface area contributed by atoms with E-state index in [2.05, 4.69) is 10.0 Å². The van der Waals surface area contributed by atoms with E-state index in [0.29, 0.717) is 22.9 Å². The highest BCUT2D eigenvalue weighted by Gasteiger charge is 2.17. The first-order valence-electron chi connectivity index (χ1n) is 10.1. The Bertz CT molecular complexity index is 1400. The van der Waals surface area contributed by atoms with Crippen molar-refractivity contribution in [2.24, 2.45) is 0 Å². The minimum atomic E-state index is -3.90. The molecule has 8 heteroatoms. The van der Waals surface area contributed by atoms with Gasteiger partial charge in [-0.1, -0.05) is 54.6 Å². The van der Waals surface area contributed by atoms with Crippen LogP contribution in [-0.2, 0) is 14.8 Å². The first kappa shape index (κ1) is 22.2. The number of anilines is 2. The predicted molar refractivity (Wildman–Crippen MR) is 128 cm³/mol. The van der Waals surface area contributed by atoms with Crippen LogP contribution in [0.2, 0.25) is 0 Å². The Morgan fingerprint density at radius 3 is 2.39 bits per heavy atom. The monoisotopic (exact) mass is 462 g/mol. The number of amides is 1. The molecule has 1 amide bonds. The topological polar surface area (TPSA) is 93.7 Å². The highest BCUT2D eigenvalue weighted by Crippen LogP contribution is 2.27. The van der Waals surface area contributed by atoms with Crippen LogP contribution in [0.4, 0.5) is 11.4 Å². The fraction of sp³-hybridized carbons (Fsp3) is 0.0800. The minimum absolute atomic E-state index is 0.00109. The van der Waals surface area contributed by atoms with Crippen LogP contribution in [0.1, 0.15) is 0 Å². The summed E-state index contributed by atoms with van der Waals surface area (Å²) in [7, 11) is -2.43. The quantitative estimate of drug-likeness (QED) is 0.397. The Morgan fingerprint density at radius 2 is 1.55 bits per heavy atom. The number of para-hydroxylation sites is 2. The molecule has 7 nitrogen and oxygen atoms in total. The molecular weight excluding hydrogens is 440 g/mol. The number of benzene rings is 4. The van der Waals surface area contributed by atoms with Crippen LogP contribution < -0.4 is 19.5 Å². The smallest absolute Gasteiger partial charge is 0.262 e. The van der Waals surface area contributed by atoms with E-state index >= 15 is 0 Å². The van der Waals surface area contributed by atoms with E-state index < -0.39 is 15.9 Å². The first-order chi connectivity index (χ1) is 16.0. The van der Waals surface area contributed by atoms with Gasteiger partial charge in [0.15, 0.2) is 6.61 Å². The standard InChI is InChI=1S/C25H22N2O5S/c1-31-24-14-5-4-13-22(24)27-33(29,30)20-11-7-10-19(16-20)26-25(28)17-32-23-15-6-9-18-8-2-3-12-21(18)23/h2-16,27H,17H2,1H3,(H,26,28). The number of nitrogens with one attached hydrogen (secondary N) is 2. The van der Waals surface area contributed by atoms with Gasteiger partial charge in [-0.3, -0.25) is 9.52 Å². The molecule has 0 saturated carbocycles. The summed E-state index contributed by atoms with van der Waals surface area (Å²) in [6, 6.07) is 26.0. The van der Waals surface area contributed by atoms with Gasteiger partial charge in [0.2, 0.25) is 0 Å². The van der Waals surface area contributed by atoms with Gasteiger partial charge in [0, 0.05) is 11.1 Å². The molecule has 4 rings (SSSR count). The summed E-state index contributed by atoms with van der Waals surface area (Å²) in [5, 5.41) is 4.59. The number of carbonyl (C=O) groups is 1. The highest BCUT2D eigenvalue weighted by molar-refractivity contribution is 7.92. The molecule has 0 aliphatic rings. The van der Waals surface area contributed by atoms with Gasteiger partial charge >= 0.3 is 0 Å². The number of hydrogen-bond donors (Lipinski definition) is 2. The molecule has 33 heavy (non-hydrogen) atoms. The average molecular weight is 463 g/mol. The number of rotatable bonds is 8. The molecular formula is C25H22N2O5S. The van der Waals surface area contributed by atoms with Crippen LogP contribution in [0, 0.1) is 0 Å². The Hall–Kier alpha value is -4.04. The molecule has 4 aromatic carbocycles. The van der Waals surface area contributed by atoms with E-state index in [1.54, 1.807) is 42.5 Å². The largest absolute Gasteiger partial charge is 0.495 e. The maximum atomic E-state index is 12.8. The third kappa shape index (κ3) is 5.24. The lowest BCUT2D eigenvalue weighted by atomic mass is 10.1. The van der Waals surface area contributed by atoms with Crippen molar-refractivity contribution in [1.29, 1.82) is 0 Å². The summed E-state index contributed by atoms with van der Waals surface area (Å²) < 4.78 is 39.1. The zero-order valence-electron chi connectivity index (χ0n) is 17.8. The summed E-state index contributed by atoms with van der Waals surface area (Å²) in [5.74, 6) is 0.590. The molecule has 0 aromatic heterocycles. The van der Waals surface area contributed by atoms with Gasteiger partial charge in [-0.05, 0) is 41.8 Å². The second-order valence-corrected chi connectivity index (χ2v) is 8.83. The summed E-state index contributed by atoms with van der Waals surface area (Å²) in [4.78, 5) is 12.4. The van der Waals surface area contributed by atoms with E-state index in [-0.39, 0.29) is 11.5 Å². The van der Waals surface area contributed by atoms with Crippen LogP contribution >= 0.6 is 0 Å². The number of methoxy groups -OCH3 is 1. The molecule has 0 aliphatic carbocycles. The molecule has 0 radical (unpaired) electrons. The van der Waals surface area contributed by atoms with Crippen LogP contribution in [0.15, 0.2) is 95.9 Å². The van der Waals surface area contributed by atoms with E-state index in [1.807, 2.05) is 36.4 Å². The fourth-order valence-electron chi connectivity index (χ4n) is 3.34. The van der Waals surface area contributed by atoms with Crippen molar-refractivity contribution in [1.82, 2.24) is 0 Å². The van der Waals surface area contributed by atoms with Crippen LogP contribution in [0.5, 0.6) is 11.5 Å². The van der Waals surface area contributed by atoms with E-state index in [4.69, 9.17) is 9.47 Å². The Balaban J connectivity index is 1.44. The van der Waals surface area contributed by atoms with Crippen molar-refractivity contribution in [3.63, 3.8) is 0 Å². The van der Waals surface area contributed by atoms with Crippen molar-refractivity contribution in [3.05, 3.63) is 91.0 Å². The lowest BCUT2D eigenvalue weighted by Gasteiger charge is -2.13. The fourth-order valence-corrected chi connectivity index (χ4v) is 4.45. The molecule has 0 spiro atoms. The van der Waals surface area contributed by atoms with Gasteiger partial charge in [0.25, 0.3) is 15.9 Å². The van der Waals surface area contributed by atoms with Crippen LogP contribution in [-0.4, -0.2) is 28.0 Å². The summed E-state index contributed by atoms with van der Waals surface area (Å²) >= 11 is 0. The maximum Gasteiger partial charge on any atom is 0.262 e. The summed E-state index contributed by atoms with van der Waals surface area (Å²) in [5.41, 5.74) is 0.655. The summed E-state index contributed by atoms with van der Waals surface area (Å²) in [6.45, 7) is -0.218. The average Bonchev–Trinajstić information content (AvgIpc) is 2.83. The molecule has 0 unspecified atom stereocenters. The van der Waals surface area contributed by atoms with Crippen molar-refractivity contribution in [3.8, 4) is 11.5 Å². The normalized spacial score (nSPS) is 11.1. The number of carbonyl (C=O) groups excluding carboxylic acids is 1. The van der Waals surface area contributed by atoms with Crippen molar-refractivity contribution in [2.45, 2.75) is 4.90 Å². The van der Waals surface area contributed by atoms with E-state index in [0.717, 1.165) is 10.8 Å². The Morgan fingerprint density at radius 1 is 0.848 bits per heavy atom. The van der Waals surface area contributed by atoms with Crippen molar-refractivity contribution >= 4 is 38.1 Å². The van der Waals surface area contributed by atoms with E-state index in [9.17, 15) is 13.2 Å². The zero-order valence-corrected chi connectivity index (χ0v) is 18.6. The molecule has 0 bridgehead atoms. The molecule has 2 N–H and O–H groups in total. The molecule has 0 saturated heterocycles. The predicted octanol–water partition coefficient (Wildman–Crippen LogP) is 4.67. The lowest BCUT2D eigenvalue weighted by Crippen LogP contribution is -2.20. The Kier molecular flexibility index (Phi) is 6.46. The molecule has 0 atom stereocenters. The van der Waals surface area contributed by atoms with E-state index in [1.165, 1.54) is 19.2 Å². The molecule has 4 aromatic rings. The lowest BCUT2D eigenvalue weighted by molar-refractivity contribution is -0.118. The SMILES string of the molecule is COc1ccccc1NS(=O)(=O)c1cccc(NC(=O)COc2cccc3ccccc23)c1. The van der Waals surface area contributed by atoms with Gasteiger partial charge in [-0.15, -0.1) is 0 Å². The Labute approximate surface area is 192 Å². The third-order valence-corrected chi connectivity index (χ3v) is 6.25. The van der Waals surface area contributed by atoms with Crippen LogP contribution in [0.3, 0.4) is 0 Å². The molecule has 0 heterocycles. The summed E-state index contributed by atoms with van der Waals surface area (Å²) in [6.07, 6.45) is 0. The second kappa shape index (κ2) is 9.62. The third-order valence-electron chi connectivity index (χ3n) is 4.89. The number of hydrogen-bond acceptors (Lipinski definition) is 5.